The average Bonchev–Trinajstić information content (AvgIpc) is 2.92. The summed E-state index contributed by atoms with van der Waals surface area (Å²) in [5.74, 6) is -0.629. The SMILES string of the molecule is Cn1cc(S(=O)(=O)N2CCC3CCC(C2)N3)cc1C(N)=O. The molecule has 3 heterocycles. The summed E-state index contributed by atoms with van der Waals surface area (Å²) in [6.45, 7) is 0.997. The molecule has 0 aromatic carbocycles. The maximum atomic E-state index is 12.7. The first-order valence-corrected chi connectivity index (χ1v) is 8.54. The molecule has 2 aliphatic heterocycles. The van der Waals surface area contributed by atoms with Gasteiger partial charge in [-0.05, 0) is 25.3 Å². The van der Waals surface area contributed by atoms with Crippen LogP contribution < -0.4 is 11.1 Å². The maximum absolute atomic E-state index is 12.7. The van der Waals surface area contributed by atoms with Crippen molar-refractivity contribution >= 4 is 15.9 Å². The van der Waals surface area contributed by atoms with Crippen LogP contribution in [-0.2, 0) is 17.1 Å². The van der Waals surface area contributed by atoms with Crippen molar-refractivity contribution in [3.63, 3.8) is 0 Å². The van der Waals surface area contributed by atoms with Gasteiger partial charge in [-0.2, -0.15) is 4.31 Å². The first-order valence-electron chi connectivity index (χ1n) is 7.10. The fraction of sp³-hybridized carbons (Fsp3) is 0.615. The van der Waals surface area contributed by atoms with Gasteiger partial charge >= 0.3 is 0 Å². The zero-order chi connectivity index (χ0) is 15.2. The van der Waals surface area contributed by atoms with E-state index < -0.39 is 15.9 Å². The number of aromatic nitrogens is 1. The molecule has 1 aromatic heterocycles. The van der Waals surface area contributed by atoms with Crippen LogP contribution in [0.3, 0.4) is 0 Å². The Labute approximate surface area is 124 Å². The molecule has 7 nitrogen and oxygen atoms in total. The number of fused-ring (bicyclic) bond motifs is 2. The molecule has 2 fully saturated rings. The highest BCUT2D eigenvalue weighted by molar-refractivity contribution is 7.89. The fourth-order valence-electron chi connectivity index (χ4n) is 3.20. The van der Waals surface area contributed by atoms with Crippen molar-refractivity contribution in [2.45, 2.75) is 36.2 Å². The van der Waals surface area contributed by atoms with Gasteiger partial charge < -0.3 is 15.6 Å². The number of hydrogen-bond donors (Lipinski definition) is 2. The van der Waals surface area contributed by atoms with Gasteiger partial charge in [-0.25, -0.2) is 8.42 Å². The highest BCUT2D eigenvalue weighted by Gasteiger charge is 2.35. The molecule has 2 saturated heterocycles. The molecule has 1 amide bonds. The molecule has 0 spiro atoms. The molecule has 2 unspecified atom stereocenters. The molecule has 8 heteroatoms. The largest absolute Gasteiger partial charge is 0.364 e. The van der Waals surface area contributed by atoms with Gasteiger partial charge in [-0.15, -0.1) is 0 Å². The summed E-state index contributed by atoms with van der Waals surface area (Å²) in [6, 6.07) is 2.01. The number of nitrogens with one attached hydrogen (secondary N) is 1. The van der Waals surface area contributed by atoms with E-state index in [1.165, 1.54) is 21.1 Å². The van der Waals surface area contributed by atoms with Crippen LogP contribution in [0.5, 0.6) is 0 Å². The zero-order valence-electron chi connectivity index (χ0n) is 11.9. The van der Waals surface area contributed by atoms with E-state index in [4.69, 9.17) is 5.73 Å². The van der Waals surface area contributed by atoms with Gasteiger partial charge in [0.15, 0.2) is 0 Å². The molecule has 116 valence electrons. The topological polar surface area (TPSA) is 97.4 Å². The van der Waals surface area contributed by atoms with Crippen LogP contribution in [-0.4, -0.2) is 48.4 Å². The van der Waals surface area contributed by atoms with E-state index in [1.807, 2.05) is 0 Å². The third-order valence-corrected chi connectivity index (χ3v) is 6.19. The zero-order valence-corrected chi connectivity index (χ0v) is 12.8. The number of amides is 1. The van der Waals surface area contributed by atoms with Crippen LogP contribution in [0.2, 0.25) is 0 Å². The van der Waals surface area contributed by atoms with E-state index in [9.17, 15) is 13.2 Å². The Morgan fingerprint density at radius 1 is 1.33 bits per heavy atom. The van der Waals surface area contributed by atoms with Crippen LogP contribution >= 0.6 is 0 Å². The van der Waals surface area contributed by atoms with Gasteiger partial charge in [0, 0.05) is 38.4 Å². The molecule has 2 bridgehead atoms. The molecule has 2 atom stereocenters. The van der Waals surface area contributed by atoms with Crippen molar-refractivity contribution < 1.29 is 13.2 Å². The molecule has 3 rings (SSSR count). The lowest BCUT2D eigenvalue weighted by atomic mass is 10.1. The number of primary amides is 1. The number of nitrogens with zero attached hydrogens (tertiary/aromatic N) is 2. The quantitative estimate of drug-likeness (QED) is 0.796. The number of carbonyl (C=O) groups excluding carboxylic acids is 1. The molecule has 3 N–H and O–H groups in total. The first kappa shape index (κ1) is 14.6. The highest BCUT2D eigenvalue weighted by atomic mass is 32.2. The Balaban J connectivity index is 1.89. The van der Waals surface area contributed by atoms with E-state index in [2.05, 4.69) is 5.32 Å². The number of hydrogen-bond acceptors (Lipinski definition) is 4. The number of nitrogens with two attached hydrogens (primary N) is 1. The fourth-order valence-corrected chi connectivity index (χ4v) is 4.77. The van der Waals surface area contributed by atoms with E-state index in [-0.39, 0.29) is 16.6 Å². The monoisotopic (exact) mass is 312 g/mol. The molecule has 0 aliphatic carbocycles. The Hall–Kier alpha value is -1.38. The normalized spacial score (nSPS) is 26.7. The molecular formula is C13H20N4O3S. The van der Waals surface area contributed by atoms with E-state index >= 15 is 0 Å². The Morgan fingerprint density at radius 3 is 2.71 bits per heavy atom. The van der Waals surface area contributed by atoms with Crippen molar-refractivity contribution in [2.24, 2.45) is 12.8 Å². The van der Waals surface area contributed by atoms with Crippen LogP contribution in [0, 0.1) is 0 Å². The standard InChI is InChI=1S/C13H20N4O3S/c1-16-8-11(6-12(16)13(14)18)21(19,20)17-5-4-9-2-3-10(7-17)15-9/h6,8-10,15H,2-5,7H2,1H3,(H2,14,18). The van der Waals surface area contributed by atoms with Crippen LogP contribution in [0.4, 0.5) is 0 Å². The Bertz CT molecular complexity index is 667. The third kappa shape index (κ3) is 2.58. The van der Waals surface area contributed by atoms with E-state index in [0.29, 0.717) is 19.1 Å². The molecule has 21 heavy (non-hydrogen) atoms. The van der Waals surface area contributed by atoms with Crippen molar-refractivity contribution in [3.05, 3.63) is 18.0 Å². The number of carbonyl (C=O) groups is 1. The number of rotatable bonds is 3. The predicted octanol–water partition coefficient (Wildman–Crippen LogP) is -0.361. The molecule has 0 saturated carbocycles. The smallest absolute Gasteiger partial charge is 0.265 e. The minimum Gasteiger partial charge on any atom is -0.364 e. The summed E-state index contributed by atoms with van der Waals surface area (Å²) >= 11 is 0. The lowest BCUT2D eigenvalue weighted by molar-refractivity contribution is 0.0992. The van der Waals surface area contributed by atoms with Crippen LogP contribution in [0.25, 0.3) is 0 Å². The lowest BCUT2D eigenvalue weighted by Gasteiger charge is -2.23. The van der Waals surface area contributed by atoms with Gasteiger partial charge in [-0.1, -0.05) is 0 Å². The molecule has 1 aromatic rings. The predicted molar refractivity (Wildman–Crippen MR) is 77.3 cm³/mol. The Kier molecular flexibility index (Phi) is 3.54. The summed E-state index contributed by atoms with van der Waals surface area (Å²) in [4.78, 5) is 11.4. The maximum Gasteiger partial charge on any atom is 0.265 e. The minimum atomic E-state index is -3.58. The van der Waals surface area contributed by atoms with Gasteiger partial charge in [-0.3, -0.25) is 4.79 Å². The highest BCUT2D eigenvalue weighted by Crippen LogP contribution is 2.25. The average molecular weight is 312 g/mol. The van der Waals surface area contributed by atoms with Crippen LogP contribution in [0.1, 0.15) is 29.8 Å². The summed E-state index contributed by atoms with van der Waals surface area (Å²) in [5, 5.41) is 3.46. The van der Waals surface area contributed by atoms with E-state index in [0.717, 1.165) is 19.3 Å². The van der Waals surface area contributed by atoms with Crippen molar-refractivity contribution in [1.29, 1.82) is 0 Å². The van der Waals surface area contributed by atoms with Gasteiger partial charge in [0.2, 0.25) is 10.0 Å². The molecule has 2 aliphatic rings. The van der Waals surface area contributed by atoms with Crippen LogP contribution in [0.15, 0.2) is 17.2 Å². The van der Waals surface area contributed by atoms with Crippen molar-refractivity contribution in [1.82, 2.24) is 14.2 Å². The summed E-state index contributed by atoms with van der Waals surface area (Å²) in [5.41, 5.74) is 5.44. The lowest BCUT2D eigenvalue weighted by Crippen LogP contribution is -2.38. The van der Waals surface area contributed by atoms with Gasteiger partial charge in [0.1, 0.15) is 10.6 Å². The minimum absolute atomic E-state index is 0.136. The molecule has 0 radical (unpaired) electrons. The number of aryl methyl sites for hydroxylation is 1. The Morgan fingerprint density at radius 2 is 2.05 bits per heavy atom. The van der Waals surface area contributed by atoms with Gasteiger partial charge in [0.25, 0.3) is 5.91 Å². The summed E-state index contributed by atoms with van der Waals surface area (Å²) < 4.78 is 28.4. The van der Waals surface area contributed by atoms with Crippen molar-refractivity contribution in [3.8, 4) is 0 Å². The summed E-state index contributed by atoms with van der Waals surface area (Å²) in [7, 11) is -1.96. The van der Waals surface area contributed by atoms with Gasteiger partial charge in [0.05, 0.1) is 0 Å². The van der Waals surface area contributed by atoms with Crippen molar-refractivity contribution in [2.75, 3.05) is 13.1 Å². The first-order chi connectivity index (χ1) is 9.88. The van der Waals surface area contributed by atoms with E-state index in [1.54, 1.807) is 7.05 Å². The second kappa shape index (κ2) is 5.11. The second-order valence-electron chi connectivity index (χ2n) is 5.83. The number of sulfonamides is 1. The molecular weight excluding hydrogens is 292 g/mol. The summed E-state index contributed by atoms with van der Waals surface area (Å²) in [6.07, 6.45) is 4.41. The third-order valence-electron chi connectivity index (χ3n) is 4.36. The second-order valence-corrected chi connectivity index (χ2v) is 7.76.